The highest BCUT2D eigenvalue weighted by Gasteiger charge is 2.12. The lowest BCUT2D eigenvalue weighted by atomic mass is 10.1. The highest BCUT2D eigenvalue weighted by Crippen LogP contribution is 2.16. The van der Waals surface area contributed by atoms with E-state index in [2.05, 4.69) is 5.32 Å². The van der Waals surface area contributed by atoms with Crippen molar-refractivity contribution in [3.05, 3.63) is 29.6 Å². The number of hydrogen-bond acceptors (Lipinski definition) is 3. The third-order valence-corrected chi connectivity index (χ3v) is 2.46. The summed E-state index contributed by atoms with van der Waals surface area (Å²) in [5.41, 5.74) is 10.5. The van der Waals surface area contributed by atoms with Gasteiger partial charge in [0, 0.05) is 12.0 Å². The molecule has 1 atom stereocenters. The Morgan fingerprint density at radius 3 is 2.67 bits per heavy atom. The van der Waals surface area contributed by atoms with Crippen LogP contribution in [0.25, 0.3) is 0 Å². The first kappa shape index (κ1) is 14.1. The zero-order chi connectivity index (χ0) is 13.7. The molecule has 1 rings (SSSR count). The predicted molar refractivity (Wildman–Crippen MR) is 66.4 cm³/mol. The average Bonchev–Trinajstić information content (AvgIpc) is 2.31. The second-order valence-corrected chi connectivity index (χ2v) is 4.15. The first-order chi connectivity index (χ1) is 8.43. The summed E-state index contributed by atoms with van der Waals surface area (Å²) >= 11 is 0. The predicted octanol–water partition coefficient (Wildman–Crippen LogP) is 0.848. The maximum absolute atomic E-state index is 13.4. The molecule has 0 heterocycles. The van der Waals surface area contributed by atoms with E-state index in [0.717, 1.165) is 6.07 Å². The van der Waals surface area contributed by atoms with Crippen molar-refractivity contribution in [2.75, 3.05) is 11.9 Å². The van der Waals surface area contributed by atoms with Crippen LogP contribution in [0, 0.1) is 11.7 Å². The fourth-order valence-electron chi connectivity index (χ4n) is 1.38. The van der Waals surface area contributed by atoms with Gasteiger partial charge in [-0.3, -0.25) is 9.59 Å². The molecule has 0 aromatic heterocycles. The van der Waals surface area contributed by atoms with Crippen LogP contribution in [0.5, 0.6) is 0 Å². The molecular formula is C12H16FN3O2. The summed E-state index contributed by atoms with van der Waals surface area (Å²) < 4.78 is 13.4. The summed E-state index contributed by atoms with van der Waals surface area (Å²) in [6.07, 6.45) is 0.191. The van der Waals surface area contributed by atoms with Crippen LogP contribution in [0.3, 0.4) is 0 Å². The van der Waals surface area contributed by atoms with Crippen LogP contribution in [0.1, 0.15) is 23.7 Å². The van der Waals surface area contributed by atoms with E-state index in [1.807, 2.05) is 6.92 Å². The minimum atomic E-state index is -0.680. The Morgan fingerprint density at radius 2 is 2.11 bits per heavy atom. The minimum Gasteiger partial charge on any atom is -0.366 e. The van der Waals surface area contributed by atoms with Crippen LogP contribution in [-0.4, -0.2) is 18.4 Å². The third-order valence-electron chi connectivity index (χ3n) is 2.46. The minimum absolute atomic E-state index is 0.00684. The Bertz CT molecular complexity index is 463. The molecule has 1 unspecified atom stereocenters. The lowest BCUT2D eigenvalue weighted by Gasteiger charge is -2.10. The monoisotopic (exact) mass is 253 g/mol. The Labute approximate surface area is 104 Å². The number of carbonyl (C=O) groups excluding carboxylic acids is 2. The summed E-state index contributed by atoms with van der Waals surface area (Å²) in [5.74, 6) is -1.64. The summed E-state index contributed by atoms with van der Waals surface area (Å²) in [4.78, 5) is 22.5. The van der Waals surface area contributed by atoms with Crippen molar-refractivity contribution in [1.82, 2.24) is 0 Å². The number of amides is 2. The third kappa shape index (κ3) is 3.81. The standard InChI is InChI=1S/C12H16FN3O2/c1-7(6-14)4-11(17)16-10-5-8(12(15)18)2-3-9(10)13/h2-3,5,7H,4,6,14H2,1H3,(H2,15,18)(H,16,17). The molecule has 6 heteroatoms. The zero-order valence-electron chi connectivity index (χ0n) is 10.1. The lowest BCUT2D eigenvalue weighted by molar-refractivity contribution is -0.116. The number of nitrogens with two attached hydrogens (primary N) is 2. The number of anilines is 1. The van der Waals surface area contributed by atoms with E-state index >= 15 is 0 Å². The molecule has 5 nitrogen and oxygen atoms in total. The van der Waals surface area contributed by atoms with E-state index in [0.29, 0.717) is 6.54 Å². The van der Waals surface area contributed by atoms with Crippen LogP contribution < -0.4 is 16.8 Å². The summed E-state index contributed by atoms with van der Waals surface area (Å²) in [6, 6.07) is 3.56. The van der Waals surface area contributed by atoms with Gasteiger partial charge >= 0.3 is 0 Å². The van der Waals surface area contributed by atoms with Crippen molar-refractivity contribution in [3.8, 4) is 0 Å². The number of hydrogen-bond donors (Lipinski definition) is 3. The Hall–Kier alpha value is -1.95. The summed E-state index contributed by atoms with van der Waals surface area (Å²) in [6.45, 7) is 2.19. The highest BCUT2D eigenvalue weighted by atomic mass is 19.1. The van der Waals surface area contributed by atoms with Gasteiger partial charge in [-0.05, 0) is 30.7 Å². The van der Waals surface area contributed by atoms with Gasteiger partial charge in [0.1, 0.15) is 5.82 Å². The lowest BCUT2D eigenvalue weighted by Crippen LogP contribution is -2.21. The van der Waals surface area contributed by atoms with E-state index in [4.69, 9.17) is 11.5 Å². The molecule has 0 aliphatic carbocycles. The maximum atomic E-state index is 13.4. The molecule has 1 aromatic rings. The van der Waals surface area contributed by atoms with Gasteiger partial charge in [0.05, 0.1) is 5.69 Å². The van der Waals surface area contributed by atoms with Crippen LogP contribution in [0.4, 0.5) is 10.1 Å². The van der Waals surface area contributed by atoms with Gasteiger partial charge < -0.3 is 16.8 Å². The van der Waals surface area contributed by atoms with E-state index in [1.165, 1.54) is 12.1 Å². The molecule has 0 radical (unpaired) electrons. The van der Waals surface area contributed by atoms with Gasteiger partial charge in [-0.2, -0.15) is 0 Å². The molecule has 5 N–H and O–H groups in total. The van der Waals surface area contributed by atoms with Gasteiger partial charge in [0.25, 0.3) is 0 Å². The Morgan fingerprint density at radius 1 is 1.44 bits per heavy atom. The molecule has 0 bridgehead atoms. The molecule has 0 aliphatic heterocycles. The molecule has 0 saturated heterocycles. The van der Waals surface area contributed by atoms with Gasteiger partial charge in [-0.15, -0.1) is 0 Å². The molecule has 2 amide bonds. The normalized spacial score (nSPS) is 11.9. The highest BCUT2D eigenvalue weighted by molar-refractivity contribution is 5.96. The first-order valence-electron chi connectivity index (χ1n) is 5.53. The van der Waals surface area contributed by atoms with E-state index in [-0.39, 0.29) is 29.5 Å². The smallest absolute Gasteiger partial charge is 0.248 e. The quantitative estimate of drug-likeness (QED) is 0.725. The second-order valence-electron chi connectivity index (χ2n) is 4.15. The largest absolute Gasteiger partial charge is 0.366 e. The molecular weight excluding hydrogens is 237 g/mol. The number of halogens is 1. The van der Waals surface area contributed by atoms with Gasteiger partial charge in [-0.25, -0.2) is 4.39 Å². The average molecular weight is 253 g/mol. The fourth-order valence-corrected chi connectivity index (χ4v) is 1.38. The molecule has 18 heavy (non-hydrogen) atoms. The van der Waals surface area contributed by atoms with Crippen molar-refractivity contribution >= 4 is 17.5 Å². The number of primary amides is 1. The van der Waals surface area contributed by atoms with E-state index in [9.17, 15) is 14.0 Å². The van der Waals surface area contributed by atoms with Crippen molar-refractivity contribution in [2.45, 2.75) is 13.3 Å². The molecule has 0 fully saturated rings. The van der Waals surface area contributed by atoms with Crippen LogP contribution in [0.15, 0.2) is 18.2 Å². The summed E-state index contributed by atoms with van der Waals surface area (Å²) in [7, 11) is 0. The van der Waals surface area contributed by atoms with E-state index in [1.54, 1.807) is 0 Å². The molecule has 1 aromatic carbocycles. The van der Waals surface area contributed by atoms with Gasteiger partial charge in [0.15, 0.2) is 0 Å². The van der Waals surface area contributed by atoms with E-state index < -0.39 is 11.7 Å². The van der Waals surface area contributed by atoms with Gasteiger partial charge in [-0.1, -0.05) is 6.92 Å². The van der Waals surface area contributed by atoms with Crippen molar-refractivity contribution < 1.29 is 14.0 Å². The van der Waals surface area contributed by atoms with Crippen LogP contribution in [-0.2, 0) is 4.79 Å². The first-order valence-corrected chi connectivity index (χ1v) is 5.53. The zero-order valence-corrected chi connectivity index (χ0v) is 10.1. The fraction of sp³-hybridized carbons (Fsp3) is 0.333. The topological polar surface area (TPSA) is 98.2 Å². The SMILES string of the molecule is CC(CN)CC(=O)Nc1cc(C(N)=O)ccc1F. The molecule has 0 spiro atoms. The molecule has 98 valence electrons. The van der Waals surface area contributed by atoms with Crippen molar-refractivity contribution in [3.63, 3.8) is 0 Å². The number of carbonyl (C=O) groups is 2. The summed E-state index contributed by atoms with van der Waals surface area (Å²) in [5, 5.41) is 2.39. The Balaban J connectivity index is 2.80. The Kier molecular flexibility index (Phi) is 4.79. The molecule has 0 saturated carbocycles. The second kappa shape index (κ2) is 6.11. The van der Waals surface area contributed by atoms with Crippen molar-refractivity contribution in [2.24, 2.45) is 17.4 Å². The van der Waals surface area contributed by atoms with Crippen LogP contribution >= 0.6 is 0 Å². The van der Waals surface area contributed by atoms with Gasteiger partial charge in [0.2, 0.25) is 11.8 Å². The number of nitrogens with one attached hydrogen (secondary N) is 1. The molecule has 0 aliphatic rings. The maximum Gasteiger partial charge on any atom is 0.248 e. The van der Waals surface area contributed by atoms with Crippen molar-refractivity contribution in [1.29, 1.82) is 0 Å². The number of rotatable bonds is 5. The van der Waals surface area contributed by atoms with Crippen LogP contribution in [0.2, 0.25) is 0 Å². The number of benzene rings is 1.